The van der Waals surface area contributed by atoms with Crippen LogP contribution >= 0.6 is 0 Å². The van der Waals surface area contributed by atoms with Crippen LogP contribution in [-0.4, -0.2) is 39.5 Å². The van der Waals surface area contributed by atoms with Crippen LogP contribution in [-0.2, 0) is 4.74 Å². The molecule has 0 aliphatic heterocycles. The number of amides is 1. The van der Waals surface area contributed by atoms with Crippen molar-refractivity contribution in [3.8, 4) is 0 Å². The monoisotopic (exact) mass is 336 g/mol. The number of pyridine rings is 1. The molecule has 7 heteroatoms. The summed E-state index contributed by atoms with van der Waals surface area (Å²) < 4.78 is 19.2. The van der Waals surface area contributed by atoms with E-state index in [0.717, 1.165) is 0 Å². The van der Waals surface area contributed by atoms with Gasteiger partial charge in [0.1, 0.15) is 23.6 Å². The second kappa shape index (κ2) is 7.11. The van der Waals surface area contributed by atoms with Gasteiger partial charge in [0, 0.05) is 29.8 Å². The lowest BCUT2D eigenvalue weighted by molar-refractivity contribution is 0.0114. The number of aromatic nitrogens is 1. The summed E-state index contributed by atoms with van der Waals surface area (Å²) in [5.41, 5.74) is -0.285. The molecule has 2 atom stereocenters. The molecule has 130 valence electrons. The van der Waals surface area contributed by atoms with Gasteiger partial charge in [0.15, 0.2) is 0 Å². The maximum atomic E-state index is 14.1. The summed E-state index contributed by atoms with van der Waals surface area (Å²) in [6, 6.07) is 6.04. The first-order chi connectivity index (χ1) is 11.2. The first-order valence-corrected chi connectivity index (χ1v) is 7.54. The molecule has 0 aliphatic carbocycles. The summed E-state index contributed by atoms with van der Waals surface area (Å²) in [5, 5.41) is 23.2. The maximum Gasteiger partial charge on any atom is 0.407 e. The third kappa shape index (κ3) is 4.62. The summed E-state index contributed by atoms with van der Waals surface area (Å²) in [6.45, 7) is 4.84. The zero-order valence-corrected chi connectivity index (χ0v) is 13.8. The van der Waals surface area contributed by atoms with Gasteiger partial charge < -0.3 is 20.3 Å². The van der Waals surface area contributed by atoms with E-state index < -0.39 is 29.7 Å². The standard InChI is InChI=1S/C17H21FN2O4/c1-17(2,3)24-16(23)20-9-14(21)15(22)11-7-10-5-4-6-19-13(10)8-12(11)18/h4-8,14-15,21-22H,9H2,1-3H3,(H,20,23). The van der Waals surface area contributed by atoms with Crippen LogP contribution in [0.3, 0.4) is 0 Å². The number of halogens is 1. The Balaban J connectivity index is 2.06. The van der Waals surface area contributed by atoms with Gasteiger partial charge in [0.05, 0.1) is 5.52 Å². The molecule has 0 saturated carbocycles. The van der Waals surface area contributed by atoms with Gasteiger partial charge in [-0.1, -0.05) is 6.07 Å². The Morgan fingerprint density at radius 3 is 2.75 bits per heavy atom. The van der Waals surface area contributed by atoms with Crippen LogP contribution in [0.15, 0.2) is 30.5 Å². The summed E-state index contributed by atoms with van der Waals surface area (Å²) in [5.74, 6) is -0.676. The van der Waals surface area contributed by atoms with E-state index in [4.69, 9.17) is 4.74 Å². The Morgan fingerprint density at radius 2 is 2.08 bits per heavy atom. The topological polar surface area (TPSA) is 91.7 Å². The van der Waals surface area contributed by atoms with Gasteiger partial charge in [-0.25, -0.2) is 9.18 Å². The Bertz CT molecular complexity index is 730. The third-order valence-corrected chi connectivity index (χ3v) is 3.26. The van der Waals surface area contributed by atoms with Crippen LogP contribution in [0, 0.1) is 5.82 Å². The van der Waals surface area contributed by atoms with Crippen molar-refractivity contribution in [2.75, 3.05) is 6.54 Å². The van der Waals surface area contributed by atoms with Crippen molar-refractivity contribution in [2.24, 2.45) is 0 Å². The number of hydrogen-bond acceptors (Lipinski definition) is 5. The predicted molar refractivity (Wildman–Crippen MR) is 86.9 cm³/mol. The van der Waals surface area contributed by atoms with Crippen molar-refractivity contribution in [3.05, 3.63) is 41.8 Å². The number of hydrogen-bond donors (Lipinski definition) is 3. The van der Waals surface area contributed by atoms with Gasteiger partial charge in [-0.05, 0) is 32.9 Å². The molecule has 2 unspecified atom stereocenters. The summed E-state index contributed by atoms with van der Waals surface area (Å²) in [7, 11) is 0. The van der Waals surface area contributed by atoms with Crippen molar-refractivity contribution in [2.45, 2.75) is 38.6 Å². The number of nitrogens with zero attached hydrogens (tertiary/aromatic N) is 1. The van der Waals surface area contributed by atoms with Crippen LogP contribution in [0.25, 0.3) is 10.9 Å². The van der Waals surface area contributed by atoms with Crippen molar-refractivity contribution in [3.63, 3.8) is 0 Å². The van der Waals surface area contributed by atoms with E-state index in [1.807, 2.05) is 0 Å². The normalized spacial score (nSPS) is 14.2. The van der Waals surface area contributed by atoms with E-state index in [2.05, 4.69) is 10.3 Å². The van der Waals surface area contributed by atoms with E-state index >= 15 is 0 Å². The SMILES string of the molecule is CC(C)(C)OC(=O)NCC(O)C(O)c1cc2cccnc2cc1F. The fourth-order valence-electron chi connectivity index (χ4n) is 2.16. The highest BCUT2D eigenvalue weighted by atomic mass is 19.1. The van der Waals surface area contributed by atoms with E-state index in [1.54, 1.807) is 32.9 Å². The Hall–Kier alpha value is -2.25. The van der Waals surface area contributed by atoms with Gasteiger partial charge in [0.2, 0.25) is 0 Å². The molecule has 1 aromatic heterocycles. The molecule has 0 spiro atoms. The average molecular weight is 336 g/mol. The molecule has 0 bridgehead atoms. The summed E-state index contributed by atoms with van der Waals surface area (Å²) >= 11 is 0. The van der Waals surface area contributed by atoms with Crippen LogP contribution < -0.4 is 5.32 Å². The molecule has 0 saturated heterocycles. The van der Waals surface area contributed by atoms with E-state index in [1.165, 1.54) is 18.3 Å². The third-order valence-electron chi connectivity index (χ3n) is 3.26. The molecule has 0 radical (unpaired) electrons. The zero-order chi connectivity index (χ0) is 17.9. The van der Waals surface area contributed by atoms with E-state index in [0.29, 0.717) is 10.9 Å². The van der Waals surface area contributed by atoms with Gasteiger partial charge in [-0.3, -0.25) is 4.98 Å². The minimum Gasteiger partial charge on any atom is -0.444 e. The minimum atomic E-state index is -1.50. The van der Waals surface area contributed by atoms with Gasteiger partial charge >= 0.3 is 6.09 Å². The lowest BCUT2D eigenvalue weighted by Crippen LogP contribution is -2.39. The quantitative estimate of drug-likeness (QED) is 0.797. The van der Waals surface area contributed by atoms with Gasteiger partial charge in [0.25, 0.3) is 0 Å². The molecular weight excluding hydrogens is 315 g/mol. The van der Waals surface area contributed by atoms with Gasteiger partial charge in [-0.2, -0.15) is 0 Å². The van der Waals surface area contributed by atoms with Crippen molar-refractivity contribution in [1.82, 2.24) is 10.3 Å². The largest absolute Gasteiger partial charge is 0.444 e. The van der Waals surface area contributed by atoms with Crippen molar-refractivity contribution < 1.29 is 24.1 Å². The Morgan fingerprint density at radius 1 is 1.38 bits per heavy atom. The first-order valence-electron chi connectivity index (χ1n) is 7.54. The molecule has 2 aromatic rings. The number of alkyl carbamates (subject to hydrolysis) is 1. The second-order valence-corrected chi connectivity index (χ2v) is 6.46. The van der Waals surface area contributed by atoms with E-state index in [-0.39, 0.29) is 12.1 Å². The first kappa shape index (κ1) is 18.1. The Kier molecular flexibility index (Phi) is 5.36. The van der Waals surface area contributed by atoms with Crippen LogP contribution in [0.2, 0.25) is 0 Å². The molecule has 1 amide bonds. The highest BCUT2D eigenvalue weighted by Gasteiger charge is 2.24. The molecule has 3 N–H and O–H groups in total. The maximum absolute atomic E-state index is 14.1. The smallest absolute Gasteiger partial charge is 0.407 e. The number of rotatable bonds is 4. The molecule has 0 aliphatic rings. The minimum absolute atomic E-state index is 0.0611. The lowest BCUT2D eigenvalue weighted by Gasteiger charge is -2.22. The number of fused-ring (bicyclic) bond motifs is 1. The number of carbonyl (C=O) groups excluding carboxylic acids is 1. The van der Waals surface area contributed by atoms with Crippen LogP contribution in [0.5, 0.6) is 0 Å². The lowest BCUT2D eigenvalue weighted by atomic mass is 10.0. The molecule has 2 rings (SSSR count). The molecule has 24 heavy (non-hydrogen) atoms. The number of carbonyl (C=O) groups is 1. The summed E-state index contributed by atoms with van der Waals surface area (Å²) in [6.07, 6.45) is -2.07. The second-order valence-electron chi connectivity index (χ2n) is 6.46. The fourth-order valence-corrected chi connectivity index (χ4v) is 2.16. The average Bonchev–Trinajstić information content (AvgIpc) is 2.49. The highest BCUT2D eigenvalue weighted by Crippen LogP contribution is 2.24. The Labute approximate surface area is 139 Å². The van der Waals surface area contributed by atoms with Crippen molar-refractivity contribution >= 4 is 17.0 Å². The molecule has 6 nitrogen and oxygen atoms in total. The highest BCUT2D eigenvalue weighted by molar-refractivity contribution is 5.79. The fraction of sp³-hybridized carbons (Fsp3) is 0.412. The predicted octanol–water partition coefficient (Wildman–Crippen LogP) is 2.29. The molecular formula is C17H21FN2O4. The van der Waals surface area contributed by atoms with Gasteiger partial charge in [-0.15, -0.1) is 0 Å². The molecule has 0 fully saturated rings. The number of ether oxygens (including phenoxy) is 1. The van der Waals surface area contributed by atoms with E-state index in [9.17, 15) is 19.4 Å². The van der Waals surface area contributed by atoms with Crippen molar-refractivity contribution in [1.29, 1.82) is 0 Å². The van der Waals surface area contributed by atoms with Crippen LogP contribution in [0.4, 0.5) is 9.18 Å². The zero-order valence-electron chi connectivity index (χ0n) is 13.8. The number of aliphatic hydroxyl groups is 2. The van der Waals surface area contributed by atoms with Crippen LogP contribution in [0.1, 0.15) is 32.4 Å². The number of nitrogens with one attached hydrogen (secondary N) is 1. The number of aliphatic hydroxyl groups excluding tert-OH is 2. The molecule has 1 aromatic carbocycles. The summed E-state index contributed by atoms with van der Waals surface area (Å²) in [4.78, 5) is 15.6. The number of benzene rings is 1. The molecule has 1 heterocycles.